The van der Waals surface area contributed by atoms with E-state index >= 15 is 0 Å². The van der Waals surface area contributed by atoms with E-state index in [1.165, 1.54) is 0 Å². The number of aromatic nitrogens is 3. The summed E-state index contributed by atoms with van der Waals surface area (Å²) in [7, 11) is 1.69. The molecule has 3 aromatic rings. The zero-order chi connectivity index (χ0) is 22.7. The Morgan fingerprint density at radius 1 is 1.06 bits per heavy atom. The van der Waals surface area contributed by atoms with Crippen LogP contribution in [0.25, 0.3) is 11.3 Å². The Hall–Kier alpha value is -3.15. The van der Waals surface area contributed by atoms with Gasteiger partial charge in [0.2, 0.25) is 5.88 Å². The normalized spacial score (nSPS) is 17.0. The van der Waals surface area contributed by atoms with Crippen molar-refractivity contribution in [1.29, 1.82) is 0 Å². The van der Waals surface area contributed by atoms with Gasteiger partial charge in [0.05, 0.1) is 30.2 Å². The smallest absolute Gasteiger partial charge is 0.219 e. The number of pyridine rings is 1. The summed E-state index contributed by atoms with van der Waals surface area (Å²) < 4.78 is 11.5. The molecule has 0 saturated carbocycles. The molecule has 0 fully saturated rings. The standard InChI is InChI=1S/C26H32N4O2/c1-6-10-22-24(19-11-9-14-27-26(19)32-22)30-25-21(8-3)28-23(20(7-2)29-25)18-13-12-17(31-5)15-16(18)4/h9,11-15,22,24H,6-8,10H2,1-5H3,(H,29,30)/t22-,24+/m1/s1. The minimum absolute atomic E-state index is 0.0107. The van der Waals surface area contributed by atoms with Crippen molar-refractivity contribution in [3.05, 3.63) is 59.0 Å². The van der Waals surface area contributed by atoms with Gasteiger partial charge in [0, 0.05) is 17.3 Å². The molecule has 168 valence electrons. The summed E-state index contributed by atoms with van der Waals surface area (Å²) in [5.41, 5.74) is 6.20. The summed E-state index contributed by atoms with van der Waals surface area (Å²) >= 11 is 0. The largest absolute Gasteiger partial charge is 0.497 e. The predicted octanol–water partition coefficient (Wildman–Crippen LogP) is 5.69. The second-order valence-electron chi connectivity index (χ2n) is 8.17. The summed E-state index contributed by atoms with van der Waals surface area (Å²) in [4.78, 5) is 14.6. The first-order valence-corrected chi connectivity index (χ1v) is 11.5. The lowest BCUT2D eigenvalue weighted by molar-refractivity contribution is 0.195. The summed E-state index contributed by atoms with van der Waals surface area (Å²) in [5, 5.41) is 3.68. The van der Waals surface area contributed by atoms with Gasteiger partial charge in [-0.2, -0.15) is 0 Å². The van der Waals surface area contributed by atoms with Crippen LogP contribution in [0.5, 0.6) is 11.6 Å². The van der Waals surface area contributed by atoms with Gasteiger partial charge in [-0.05, 0) is 62.1 Å². The van der Waals surface area contributed by atoms with Gasteiger partial charge in [0.1, 0.15) is 17.7 Å². The Labute approximate surface area is 190 Å². The minimum Gasteiger partial charge on any atom is -0.497 e. The van der Waals surface area contributed by atoms with Crippen molar-refractivity contribution < 1.29 is 9.47 Å². The Morgan fingerprint density at radius 2 is 1.88 bits per heavy atom. The quantitative estimate of drug-likeness (QED) is 0.493. The highest BCUT2D eigenvalue weighted by Gasteiger charge is 2.35. The predicted molar refractivity (Wildman–Crippen MR) is 127 cm³/mol. The molecule has 6 heteroatoms. The number of hydrogen-bond donors (Lipinski definition) is 1. The van der Waals surface area contributed by atoms with Crippen LogP contribution < -0.4 is 14.8 Å². The van der Waals surface area contributed by atoms with Crippen LogP contribution in [0.15, 0.2) is 36.5 Å². The van der Waals surface area contributed by atoms with Crippen LogP contribution in [-0.2, 0) is 12.8 Å². The number of fused-ring (bicyclic) bond motifs is 1. The molecular formula is C26H32N4O2. The molecule has 1 N–H and O–H groups in total. The second kappa shape index (κ2) is 9.55. The lowest BCUT2D eigenvalue weighted by atomic mass is 10.0. The van der Waals surface area contributed by atoms with Crippen LogP contribution in [0.3, 0.4) is 0 Å². The Morgan fingerprint density at radius 3 is 2.56 bits per heavy atom. The monoisotopic (exact) mass is 432 g/mol. The summed E-state index contributed by atoms with van der Waals surface area (Å²) in [6, 6.07) is 10.2. The number of rotatable bonds is 8. The number of aryl methyl sites for hydroxylation is 3. The summed E-state index contributed by atoms with van der Waals surface area (Å²) in [6.07, 6.45) is 5.39. The zero-order valence-electron chi connectivity index (χ0n) is 19.6. The maximum Gasteiger partial charge on any atom is 0.219 e. The molecule has 6 nitrogen and oxygen atoms in total. The van der Waals surface area contributed by atoms with E-state index in [1.54, 1.807) is 13.3 Å². The minimum atomic E-state index is 0.0107. The molecule has 0 unspecified atom stereocenters. The molecule has 1 aromatic carbocycles. The lowest BCUT2D eigenvalue weighted by Gasteiger charge is -2.23. The lowest BCUT2D eigenvalue weighted by Crippen LogP contribution is -2.26. The highest BCUT2D eigenvalue weighted by Crippen LogP contribution is 2.39. The molecule has 2 aromatic heterocycles. The SMILES string of the molecule is CCC[C@H]1Oc2ncccc2[C@@H]1Nc1nc(CC)c(-c2ccc(OC)cc2C)nc1CC. The fourth-order valence-corrected chi connectivity index (χ4v) is 4.34. The van der Waals surface area contributed by atoms with Crippen molar-refractivity contribution >= 4 is 5.82 Å². The van der Waals surface area contributed by atoms with Gasteiger partial charge in [-0.15, -0.1) is 0 Å². The van der Waals surface area contributed by atoms with E-state index in [-0.39, 0.29) is 12.1 Å². The fraction of sp³-hybridized carbons (Fsp3) is 0.423. The number of benzene rings is 1. The molecule has 3 heterocycles. The molecule has 0 radical (unpaired) electrons. The van der Waals surface area contributed by atoms with Gasteiger partial charge in [-0.1, -0.05) is 27.2 Å². The van der Waals surface area contributed by atoms with Crippen molar-refractivity contribution in [2.45, 2.75) is 65.5 Å². The number of nitrogens with zero attached hydrogens (tertiary/aromatic N) is 3. The molecule has 2 atom stereocenters. The van der Waals surface area contributed by atoms with E-state index in [4.69, 9.17) is 19.4 Å². The van der Waals surface area contributed by atoms with Crippen molar-refractivity contribution in [3.63, 3.8) is 0 Å². The van der Waals surface area contributed by atoms with Crippen LogP contribution in [0.1, 0.15) is 62.2 Å². The summed E-state index contributed by atoms with van der Waals surface area (Å²) in [6.45, 7) is 8.51. The van der Waals surface area contributed by atoms with Crippen LogP contribution in [0, 0.1) is 6.92 Å². The van der Waals surface area contributed by atoms with Crippen LogP contribution >= 0.6 is 0 Å². The molecule has 4 rings (SSSR count). The van der Waals surface area contributed by atoms with E-state index in [0.717, 1.165) is 76.9 Å². The highest BCUT2D eigenvalue weighted by atomic mass is 16.5. The maximum atomic E-state index is 6.16. The van der Waals surface area contributed by atoms with Gasteiger partial charge in [0.25, 0.3) is 0 Å². The third kappa shape index (κ3) is 4.14. The Balaban J connectivity index is 1.74. The molecule has 1 aliphatic heterocycles. The highest BCUT2D eigenvalue weighted by molar-refractivity contribution is 5.68. The van der Waals surface area contributed by atoms with Crippen LogP contribution in [0.4, 0.5) is 5.82 Å². The van der Waals surface area contributed by atoms with Gasteiger partial charge >= 0.3 is 0 Å². The van der Waals surface area contributed by atoms with E-state index in [1.807, 2.05) is 18.2 Å². The van der Waals surface area contributed by atoms with Gasteiger partial charge in [-0.25, -0.2) is 15.0 Å². The number of anilines is 1. The number of methoxy groups -OCH3 is 1. The van der Waals surface area contributed by atoms with Crippen molar-refractivity contribution in [2.75, 3.05) is 12.4 Å². The third-order valence-corrected chi connectivity index (χ3v) is 6.03. The average Bonchev–Trinajstić information content (AvgIpc) is 3.16. The Kier molecular flexibility index (Phi) is 6.58. The molecule has 0 bridgehead atoms. The van der Waals surface area contributed by atoms with Crippen LogP contribution in [-0.4, -0.2) is 28.2 Å². The van der Waals surface area contributed by atoms with Crippen LogP contribution in [0.2, 0.25) is 0 Å². The van der Waals surface area contributed by atoms with E-state index in [0.29, 0.717) is 0 Å². The third-order valence-electron chi connectivity index (χ3n) is 6.03. The average molecular weight is 433 g/mol. The van der Waals surface area contributed by atoms with E-state index in [9.17, 15) is 0 Å². The first-order valence-electron chi connectivity index (χ1n) is 11.5. The fourth-order valence-electron chi connectivity index (χ4n) is 4.34. The molecule has 0 amide bonds. The molecule has 0 saturated heterocycles. The van der Waals surface area contributed by atoms with E-state index in [2.05, 4.69) is 50.1 Å². The van der Waals surface area contributed by atoms with E-state index < -0.39 is 0 Å². The summed E-state index contributed by atoms with van der Waals surface area (Å²) in [5.74, 6) is 2.41. The van der Waals surface area contributed by atoms with Crippen molar-refractivity contribution in [3.8, 4) is 22.9 Å². The topological polar surface area (TPSA) is 69.2 Å². The van der Waals surface area contributed by atoms with Crippen molar-refractivity contribution in [1.82, 2.24) is 15.0 Å². The Bertz CT molecular complexity index is 1100. The molecule has 1 aliphatic rings. The van der Waals surface area contributed by atoms with Gasteiger partial charge in [0.15, 0.2) is 0 Å². The van der Waals surface area contributed by atoms with Gasteiger partial charge in [-0.3, -0.25) is 0 Å². The first kappa shape index (κ1) is 22.1. The number of hydrogen-bond acceptors (Lipinski definition) is 6. The maximum absolute atomic E-state index is 6.16. The molecule has 0 spiro atoms. The first-order chi connectivity index (χ1) is 15.6. The second-order valence-corrected chi connectivity index (χ2v) is 8.17. The molecule has 32 heavy (non-hydrogen) atoms. The number of ether oxygens (including phenoxy) is 2. The van der Waals surface area contributed by atoms with Crippen molar-refractivity contribution in [2.24, 2.45) is 0 Å². The molecular weight excluding hydrogens is 400 g/mol. The van der Waals surface area contributed by atoms with Gasteiger partial charge < -0.3 is 14.8 Å². The zero-order valence-corrected chi connectivity index (χ0v) is 19.6. The molecule has 0 aliphatic carbocycles. The number of nitrogens with one attached hydrogen (secondary N) is 1.